The van der Waals surface area contributed by atoms with Gasteiger partial charge in [0.05, 0.1) is 28.5 Å². The van der Waals surface area contributed by atoms with E-state index in [1.165, 1.54) is 24.0 Å². The van der Waals surface area contributed by atoms with Crippen LogP contribution in [0.4, 0.5) is 4.39 Å². The van der Waals surface area contributed by atoms with Crippen LogP contribution in [0.1, 0.15) is 61.4 Å². The Hall–Kier alpha value is -2.82. The number of carbonyl (C=O) groups is 1. The van der Waals surface area contributed by atoms with Gasteiger partial charge in [0, 0.05) is 51.2 Å². The highest BCUT2D eigenvalue weighted by Gasteiger charge is 2.43. The molecule has 1 amide bonds. The number of sulfonamides is 1. The van der Waals surface area contributed by atoms with Gasteiger partial charge in [-0.2, -0.15) is 0 Å². The first-order valence-electron chi connectivity index (χ1n) is 14.7. The molecule has 1 aliphatic heterocycles. The van der Waals surface area contributed by atoms with Crippen LogP contribution in [0, 0.1) is 23.6 Å². The highest BCUT2D eigenvalue weighted by Crippen LogP contribution is 2.48. The lowest BCUT2D eigenvalue weighted by atomic mass is 9.80. The Balaban J connectivity index is 1.19. The lowest BCUT2D eigenvalue weighted by Crippen LogP contribution is -2.47. The van der Waals surface area contributed by atoms with E-state index in [1.54, 1.807) is 18.0 Å². The Kier molecular flexibility index (Phi) is 7.45. The smallest absolute Gasteiger partial charge is 0.256 e. The summed E-state index contributed by atoms with van der Waals surface area (Å²) in [7, 11) is -1.38. The SMILES string of the molecule is CC(C)N(C)C(=O)c1cc(F)ccc1-n1cc(C2CC3CN(C[C@H]4C[C@H](NS(C)(=O)=O)C4)CC3C2)c2ncccc21. The minimum Gasteiger partial charge on any atom is -0.339 e. The zero-order chi connectivity index (χ0) is 29.1. The molecular formula is C31H40FN5O3S. The van der Waals surface area contributed by atoms with Crippen molar-refractivity contribution < 1.29 is 17.6 Å². The predicted octanol–water partition coefficient (Wildman–Crippen LogP) is 4.40. The number of nitrogens with one attached hydrogen (secondary N) is 1. The molecule has 0 spiro atoms. The third kappa shape index (κ3) is 5.66. The molecule has 2 aromatic heterocycles. The summed E-state index contributed by atoms with van der Waals surface area (Å²) in [6, 6.07) is 8.47. The number of amides is 1. The number of hydrogen-bond acceptors (Lipinski definition) is 5. The fraction of sp³-hybridized carbons (Fsp3) is 0.548. The third-order valence-corrected chi connectivity index (χ3v) is 10.3. The highest BCUT2D eigenvalue weighted by molar-refractivity contribution is 7.88. The van der Waals surface area contributed by atoms with Crippen molar-refractivity contribution >= 4 is 27.0 Å². The van der Waals surface area contributed by atoms with Crippen LogP contribution >= 0.6 is 0 Å². The Morgan fingerprint density at radius 1 is 1.15 bits per heavy atom. The summed E-state index contributed by atoms with van der Waals surface area (Å²) in [6.07, 6.45) is 9.23. The molecule has 1 saturated heterocycles. The molecule has 2 aliphatic carbocycles. The number of rotatable bonds is 8. The molecule has 3 fully saturated rings. The van der Waals surface area contributed by atoms with E-state index in [9.17, 15) is 17.6 Å². The van der Waals surface area contributed by atoms with E-state index in [0.717, 1.165) is 56.4 Å². The average molecular weight is 582 g/mol. The molecule has 3 aliphatic rings. The van der Waals surface area contributed by atoms with E-state index in [4.69, 9.17) is 4.98 Å². The van der Waals surface area contributed by atoms with E-state index >= 15 is 0 Å². The number of aromatic nitrogens is 2. The maximum Gasteiger partial charge on any atom is 0.256 e. The van der Waals surface area contributed by atoms with E-state index < -0.39 is 15.8 Å². The molecule has 2 atom stereocenters. The number of likely N-dealkylation sites (tertiary alicyclic amines) is 1. The molecule has 220 valence electrons. The second-order valence-corrected chi connectivity index (χ2v) is 14.6. The Morgan fingerprint density at radius 3 is 2.51 bits per heavy atom. The summed E-state index contributed by atoms with van der Waals surface area (Å²) in [5, 5.41) is 0. The largest absolute Gasteiger partial charge is 0.339 e. The second-order valence-electron chi connectivity index (χ2n) is 12.8. The highest BCUT2D eigenvalue weighted by atomic mass is 32.2. The number of benzene rings is 1. The van der Waals surface area contributed by atoms with Gasteiger partial charge >= 0.3 is 0 Å². The summed E-state index contributed by atoms with van der Waals surface area (Å²) in [5.41, 5.74) is 4.10. The van der Waals surface area contributed by atoms with E-state index in [0.29, 0.717) is 34.9 Å². The zero-order valence-corrected chi connectivity index (χ0v) is 25.1. The van der Waals surface area contributed by atoms with Gasteiger partial charge in [-0.05, 0) is 99.1 Å². The number of halogens is 1. The molecule has 6 rings (SSSR count). The average Bonchev–Trinajstić information content (AvgIpc) is 3.57. The predicted molar refractivity (Wildman–Crippen MR) is 158 cm³/mol. The molecule has 3 heterocycles. The van der Waals surface area contributed by atoms with Gasteiger partial charge in [-0.25, -0.2) is 17.5 Å². The molecule has 41 heavy (non-hydrogen) atoms. The van der Waals surface area contributed by atoms with Crippen molar-refractivity contribution in [3.8, 4) is 5.69 Å². The molecule has 8 nitrogen and oxygen atoms in total. The van der Waals surface area contributed by atoms with Gasteiger partial charge in [-0.1, -0.05) is 0 Å². The quantitative estimate of drug-likeness (QED) is 0.426. The molecule has 3 aromatic rings. The van der Waals surface area contributed by atoms with Gasteiger partial charge in [0.2, 0.25) is 10.0 Å². The Labute approximate surface area is 242 Å². The van der Waals surface area contributed by atoms with Gasteiger partial charge in [-0.15, -0.1) is 0 Å². The minimum absolute atomic E-state index is 0.00964. The monoisotopic (exact) mass is 581 g/mol. The van der Waals surface area contributed by atoms with Gasteiger partial charge in [0.25, 0.3) is 5.91 Å². The van der Waals surface area contributed by atoms with Gasteiger partial charge in [-0.3, -0.25) is 9.78 Å². The van der Waals surface area contributed by atoms with E-state index in [1.807, 2.05) is 36.7 Å². The number of nitrogens with zero attached hydrogens (tertiary/aromatic N) is 4. The molecule has 10 heteroatoms. The summed E-state index contributed by atoms with van der Waals surface area (Å²) in [5.74, 6) is 1.58. The van der Waals surface area contributed by atoms with Crippen LogP contribution < -0.4 is 4.72 Å². The summed E-state index contributed by atoms with van der Waals surface area (Å²) >= 11 is 0. The minimum atomic E-state index is -3.13. The van der Waals surface area contributed by atoms with Crippen molar-refractivity contribution in [2.75, 3.05) is 32.9 Å². The van der Waals surface area contributed by atoms with Crippen LogP contribution in [-0.4, -0.2) is 78.7 Å². The third-order valence-electron chi connectivity index (χ3n) is 9.53. The number of hydrogen-bond donors (Lipinski definition) is 1. The first kappa shape index (κ1) is 28.3. The Bertz CT molecular complexity index is 1550. The standard InChI is InChI=1S/C31H40FN5O3S/c1-19(2)35(3)31(38)26-14-24(32)7-8-28(26)37-18-27(30-29(37)6-5-9-33-30)21-12-22-16-36(17-23(22)13-21)15-20-10-25(11-20)34-41(4,39)40/h5-9,14,18-23,25,34H,10-13,15-17H2,1-4H3/t20-,21?,22?,23?,25-. The van der Waals surface area contributed by atoms with Crippen LogP contribution in [0.15, 0.2) is 42.7 Å². The maximum atomic E-state index is 14.4. The normalized spacial score (nSPS) is 26.4. The van der Waals surface area contributed by atoms with E-state index in [-0.39, 0.29) is 18.0 Å². The summed E-state index contributed by atoms with van der Waals surface area (Å²) in [6.45, 7) is 7.12. The molecular weight excluding hydrogens is 541 g/mol. The van der Waals surface area contributed by atoms with Crippen LogP contribution in [0.2, 0.25) is 0 Å². The summed E-state index contributed by atoms with van der Waals surface area (Å²) in [4.78, 5) is 22.4. The van der Waals surface area contributed by atoms with Gasteiger partial charge in [0.15, 0.2) is 0 Å². The first-order chi connectivity index (χ1) is 19.5. The lowest BCUT2D eigenvalue weighted by molar-refractivity contribution is 0.0754. The zero-order valence-electron chi connectivity index (χ0n) is 24.3. The molecule has 2 unspecified atom stereocenters. The molecule has 0 radical (unpaired) electrons. The lowest BCUT2D eigenvalue weighted by Gasteiger charge is -2.37. The summed E-state index contributed by atoms with van der Waals surface area (Å²) < 4.78 is 42.1. The van der Waals surface area contributed by atoms with Crippen LogP contribution in [0.25, 0.3) is 16.7 Å². The fourth-order valence-corrected chi connectivity index (χ4v) is 8.14. The molecule has 0 bridgehead atoms. The molecule has 1 aromatic carbocycles. The number of fused-ring (bicyclic) bond motifs is 2. The van der Waals surface area contributed by atoms with Gasteiger partial charge in [0.1, 0.15) is 5.82 Å². The van der Waals surface area contributed by atoms with Crippen molar-refractivity contribution in [3.05, 3.63) is 59.7 Å². The van der Waals surface area contributed by atoms with Crippen molar-refractivity contribution in [3.63, 3.8) is 0 Å². The van der Waals surface area contributed by atoms with Crippen molar-refractivity contribution in [1.82, 2.24) is 24.1 Å². The topological polar surface area (TPSA) is 87.5 Å². The van der Waals surface area contributed by atoms with Crippen molar-refractivity contribution in [2.45, 2.75) is 57.5 Å². The maximum absolute atomic E-state index is 14.4. The van der Waals surface area contributed by atoms with E-state index in [2.05, 4.69) is 15.8 Å². The fourth-order valence-electron chi connectivity index (χ4n) is 7.34. The molecule has 1 N–H and O–H groups in total. The second kappa shape index (κ2) is 10.8. The van der Waals surface area contributed by atoms with Crippen molar-refractivity contribution in [1.29, 1.82) is 0 Å². The van der Waals surface area contributed by atoms with Crippen LogP contribution in [0.5, 0.6) is 0 Å². The van der Waals surface area contributed by atoms with Crippen LogP contribution in [0.3, 0.4) is 0 Å². The Morgan fingerprint density at radius 2 is 1.85 bits per heavy atom. The first-order valence-corrected chi connectivity index (χ1v) is 16.6. The van der Waals surface area contributed by atoms with Crippen LogP contribution in [-0.2, 0) is 10.0 Å². The number of pyridine rings is 1. The number of carbonyl (C=O) groups excluding carboxylic acids is 1. The van der Waals surface area contributed by atoms with Gasteiger partial charge < -0.3 is 14.4 Å². The molecule has 2 saturated carbocycles. The van der Waals surface area contributed by atoms with Crippen molar-refractivity contribution in [2.24, 2.45) is 17.8 Å².